The van der Waals surface area contributed by atoms with E-state index in [2.05, 4.69) is 29.6 Å². The molecule has 0 fully saturated rings. The summed E-state index contributed by atoms with van der Waals surface area (Å²) in [5, 5.41) is 11.8. The highest BCUT2D eigenvalue weighted by Crippen LogP contribution is 2.17. The van der Waals surface area contributed by atoms with Gasteiger partial charge in [0.05, 0.1) is 13.2 Å². The second kappa shape index (κ2) is 9.94. The molecule has 0 heterocycles. The number of anilines is 1. The van der Waals surface area contributed by atoms with Crippen molar-refractivity contribution < 1.29 is 14.6 Å². The van der Waals surface area contributed by atoms with Gasteiger partial charge in [-0.2, -0.15) is 0 Å². The first kappa shape index (κ1) is 19.9. The average Bonchev–Trinajstić information content (AvgIpc) is 2.66. The van der Waals surface area contributed by atoms with Crippen LogP contribution in [0.25, 0.3) is 0 Å². The SMILES string of the molecule is C[C@](N)(CO)C(=O)Nc1ccc(OCCCCCc2ccccc2)cc1. The van der Waals surface area contributed by atoms with Gasteiger partial charge >= 0.3 is 0 Å². The van der Waals surface area contributed by atoms with Gasteiger partial charge in [-0.15, -0.1) is 0 Å². The zero-order chi connectivity index (χ0) is 18.8. The lowest BCUT2D eigenvalue weighted by molar-refractivity contribution is -0.121. The number of hydrogen-bond acceptors (Lipinski definition) is 4. The predicted molar refractivity (Wildman–Crippen MR) is 104 cm³/mol. The lowest BCUT2D eigenvalue weighted by atomic mass is 10.0. The highest BCUT2D eigenvalue weighted by Gasteiger charge is 2.27. The molecule has 5 nitrogen and oxygen atoms in total. The van der Waals surface area contributed by atoms with Crippen molar-refractivity contribution in [3.05, 3.63) is 60.2 Å². The Bertz CT molecular complexity index is 669. The summed E-state index contributed by atoms with van der Waals surface area (Å²) >= 11 is 0. The van der Waals surface area contributed by atoms with E-state index in [0.29, 0.717) is 12.3 Å². The van der Waals surface area contributed by atoms with E-state index in [1.807, 2.05) is 18.2 Å². The third kappa shape index (κ3) is 6.50. The number of nitrogens with one attached hydrogen (secondary N) is 1. The summed E-state index contributed by atoms with van der Waals surface area (Å²) in [5.41, 5.74) is 6.39. The van der Waals surface area contributed by atoms with E-state index >= 15 is 0 Å². The molecule has 0 aromatic heterocycles. The summed E-state index contributed by atoms with van der Waals surface area (Å²) in [4.78, 5) is 11.9. The van der Waals surface area contributed by atoms with Gasteiger partial charge in [0, 0.05) is 5.69 Å². The van der Waals surface area contributed by atoms with Crippen molar-refractivity contribution in [1.82, 2.24) is 0 Å². The number of aryl methyl sites for hydroxylation is 1. The molecule has 140 valence electrons. The van der Waals surface area contributed by atoms with Gasteiger partial charge in [0.2, 0.25) is 5.91 Å². The van der Waals surface area contributed by atoms with Gasteiger partial charge in [0.1, 0.15) is 11.3 Å². The quantitative estimate of drug-likeness (QED) is 0.571. The average molecular weight is 356 g/mol. The zero-order valence-electron chi connectivity index (χ0n) is 15.3. The molecule has 2 aromatic rings. The number of aliphatic hydroxyl groups is 1. The topological polar surface area (TPSA) is 84.6 Å². The van der Waals surface area contributed by atoms with Crippen LogP contribution in [0.15, 0.2) is 54.6 Å². The van der Waals surface area contributed by atoms with E-state index in [-0.39, 0.29) is 0 Å². The summed E-state index contributed by atoms with van der Waals surface area (Å²) in [6.45, 7) is 1.74. The largest absolute Gasteiger partial charge is 0.494 e. The second-order valence-corrected chi connectivity index (χ2v) is 6.70. The van der Waals surface area contributed by atoms with Crippen LogP contribution in [0.5, 0.6) is 5.75 Å². The molecule has 26 heavy (non-hydrogen) atoms. The molecule has 0 spiro atoms. The van der Waals surface area contributed by atoms with E-state index < -0.39 is 18.1 Å². The molecule has 2 rings (SSSR count). The summed E-state index contributed by atoms with van der Waals surface area (Å²) in [6, 6.07) is 17.6. The van der Waals surface area contributed by atoms with Crippen molar-refractivity contribution in [2.24, 2.45) is 5.73 Å². The Morgan fingerprint density at radius 2 is 1.77 bits per heavy atom. The number of amides is 1. The molecule has 4 N–H and O–H groups in total. The Labute approximate surface area is 155 Å². The lowest BCUT2D eigenvalue weighted by Gasteiger charge is -2.20. The van der Waals surface area contributed by atoms with Gasteiger partial charge in [-0.25, -0.2) is 0 Å². The predicted octanol–water partition coefficient (Wildman–Crippen LogP) is 3.13. The minimum atomic E-state index is -1.30. The molecule has 2 aromatic carbocycles. The molecule has 5 heteroatoms. The Balaban J connectivity index is 1.65. The van der Waals surface area contributed by atoms with Crippen molar-refractivity contribution in [2.75, 3.05) is 18.5 Å². The number of benzene rings is 2. The fraction of sp³-hybridized carbons (Fsp3) is 0.381. The Kier molecular flexibility index (Phi) is 7.63. The minimum absolute atomic E-state index is 0.412. The second-order valence-electron chi connectivity index (χ2n) is 6.70. The van der Waals surface area contributed by atoms with Crippen LogP contribution in [-0.4, -0.2) is 29.8 Å². The van der Waals surface area contributed by atoms with E-state index in [1.165, 1.54) is 12.5 Å². The fourth-order valence-electron chi connectivity index (χ4n) is 2.42. The molecule has 0 bridgehead atoms. The summed E-state index contributed by atoms with van der Waals surface area (Å²) < 4.78 is 5.73. The van der Waals surface area contributed by atoms with Crippen molar-refractivity contribution >= 4 is 11.6 Å². The molecule has 0 aliphatic heterocycles. The van der Waals surface area contributed by atoms with Crippen LogP contribution in [0.3, 0.4) is 0 Å². The maximum absolute atomic E-state index is 11.9. The number of rotatable bonds is 10. The van der Waals surface area contributed by atoms with Crippen LogP contribution >= 0.6 is 0 Å². The van der Waals surface area contributed by atoms with Crippen LogP contribution < -0.4 is 15.8 Å². The third-order valence-corrected chi connectivity index (χ3v) is 4.18. The number of hydrogen-bond donors (Lipinski definition) is 3. The molecule has 0 saturated carbocycles. The molecule has 1 amide bonds. The van der Waals surface area contributed by atoms with E-state index in [9.17, 15) is 4.79 Å². The van der Waals surface area contributed by atoms with E-state index in [0.717, 1.165) is 31.4 Å². The molecule has 1 atom stereocenters. The highest BCUT2D eigenvalue weighted by atomic mass is 16.5. The van der Waals surface area contributed by atoms with Gasteiger partial charge in [-0.1, -0.05) is 30.3 Å². The number of unbranched alkanes of at least 4 members (excludes halogenated alkanes) is 2. The fourth-order valence-corrected chi connectivity index (χ4v) is 2.42. The first-order valence-corrected chi connectivity index (χ1v) is 8.99. The lowest BCUT2D eigenvalue weighted by Crippen LogP contribution is -2.51. The summed E-state index contributed by atoms with van der Waals surface area (Å²) in [7, 11) is 0. The maximum Gasteiger partial charge on any atom is 0.246 e. The van der Waals surface area contributed by atoms with Crippen molar-refractivity contribution in [3.63, 3.8) is 0 Å². The van der Waals surface area contributed by atoms with Crippen molar-refractivity contribution in [3.8, 4) is 5.75 Å². The molecule has 0 saturated heterocycles. The van der Waals surface area contributed by atoms with Crippen LogP contribution in [-0.2, 0) is 11.2 Å². The summed E-state index contributed by atoms with van der Waals surface area (Å²) in [5.74, 6) is 0.343. The normalized spacial score (nSPS) is 13.0. The maximum atomic E-state index is 11.9. The number of ether oxygens (including phenoxy) is 1. The first-order valence-electron chi connectivity index (χ1n) is 8.99. The van der Waals surface area contributed by atoms with Crippen LogP contribution in [0.1, 0.15) is 31.7 Å². The first-order chi connectivity index (χ1) is 12.5. The Morgan fingerprint density at radius 3 is 2.42 bits per heavy atom. The number of carbonyl (C=O) groups excluding carboxylic acids is 1. The number of aliphatic hydroxyl groups excluding tert-OH is 1. The van der Waals surface area contributed by atoms with Gasteiger partial charge < -0.3 is 20.9 Å². The molecular weight excluding hydrogens is 328 g/mol. The third-order valence-electron chi connectivity index (χ3n) is 4.18. The van der Waals surface area contributed by atoms with Crippen molar-refractivity contribution in [1.29, 1.82) is 0 Å². The van der Waals surface area contributed by atoms with Gasteiger partial charge in [0.25, 0.3) is 0 Å². The Hall–Kier alpha value is -2.37. The van der Waals surface area contributed by atoms with Gasteiger partial charge in [0.15, 0.2) is 0 Å². The number of nitrogens with two attached hydrogens (primary N) is 1. The van der Waals surface area contributed by atoms with Crippen LogP contribution in [0.2, 0.25) is 0 Å². The zero-order valence-corrected chi connectivity index (χ0v) is 15.3. The van der Waals surface area contributed by atoms with Crippen LogP contribution in [0, 0.1) is 0 Å². The minimum Gasteiger partial charge on any atom is -0.494 e. The monoisotopic (exact) mass is 356 g/mol. The molecular formula is C21H28N2O3. The molecule has 0 unspecified atom stereocenters. The van der Waals surface area contributed by atoms with E-state index in [4.69, 9.17) is 15.6 Å². The standard InChI is InChI=1S/C21H28N2O3/c1-21(22,16-24)20(25)23-18-11-13-19(14-12-18)26-15-7-3-6-10-17-8-4-2-5-9-17/h2,4-5,8-9,11-14,24H,3,6-7,10,15-16,22H2,1H3,(H,23,25)/t21-/m0/s1. The molecule has 0 aliphatic carbocycles. The van der Waals surface area contributed by atoms with E-state index in [1.54, 1.807) is 12.1 Å². The van der Waals surface area contributed by atoms with Gasteiger partial charge in [-0.3, -0.25) is 4.79 Å². The highest BCUT2D eigenvalue weighted by molar-refractivity contribution is 5.97. The summed E-state index contributed by atoms with van der Waals surface area (Å²) in [6.07, 6.45) is 4.39. The van der Waals surface area contributed by atoms with Gasteiger partial charge in [-0.05, 0) is 62.4 Å². The smallest absolute Gasteiger partial charge is 0.246 e. The van der Waals surface area contributed by atoms with Crippen molar-refractivity contribution in [2.45, 2.75) is 38.1 Å². The molecule has 0 radical (unpaired) electrons. The Morgan fingerprint density at radius 1 is 1.08 bits per heavy atom. The molecule has 0 aliphatic rings. The number of carbonyl (C=O) groups is 1. The van der Waals surface area contributed by atoms with Crippen LogP contribution in [0.4, 0.5) is 5.69 Å².